The summed E-state index contributed by atoms with van der Waals surface area (Å²) >= 11 is 0. The molecule has 5 nitrogen and oxygen atoms in total. The summed E-state index contributed by atoms with van der Waals surface area (Å²) in [6, 6.07) is 27.0. The Morgan fingerprint density at radius 2 is 1.20 bits per heavy atom. The van der Waals surface area contributed by atoms with Crippen LogP contribution in [0.2, 0.25) is 0 Å². The van der Waals surface area contributed by atoms with E-state index in [1.165, 1.54) is 0 Å². The summed E-state index contributed by atoms with van der Waals surface area (Å²) in [6.45, 7) is 15.7. The van der Waals surface area contributed by atoms with Crippen LogP contribution in [-0.2, 0) is 5.41 Å². The maximum atomic E-state index is 12.5. The van der Waals surface area contributed by atoms with Gasteiger partial charge in [0.15, 0.2) is 5.78 Å². The van der Waals surface area contributed by atoms with Crippen molar-refractivity contribution in [3.8, 4) is 23.0 Å². The van der Waals surface area contributed by atoms with E-state index in [1.807, 2.05) is 55.5 Å². The Morgan fingerprint density at radius 3 is 1.71 bits per heavy atom. The Hall–Kier alpha value is -4.90. The molecule has 0 spiro atoms. The molecule has 41 heavy (non-hydrogen) atoms. The van der Waals surface area contributed by atoms with Gasteiger partial charge in [0, 0.05) is 29.3 Å². The number of ether oxygens (including phenoxy) is 2. The lowest BCUT2D eigenvalue weighted by Crippen LogP contribution is -2.18. The minimum Gasteiger partial charge on any atom is -0.457 e. The van der Waals surface area contributed by atoms with Crippen molar-refractivity contribution in [2.45, 2.75) is 33.1 Å². The summed E-state index contributed by atoms with van der Waals surface area (Å²) < 4.78 is 12.1. The van der Waals surface area contributed by atoms with E-state index < -0.39 is 0 Å². The molecule has 1 heterocycles. The summed E-state index contributed by atoms with van der Waals surface area (Å²) in [7, 11) is 1.72. The molecule has 1 aliphatic heterocycles. The monoisotopic (exact) mass is 543 g/mol. The lowest BCUT2D eigenvalue weighted by Gasteiger charge is -2.26. The number of Topliss-reactive ketones (excluding diaryl/α,β-unsaturated/α-hetero) is 1. The van der Waals surface area contributed by atoms with Gasteiger partial charge in [0.25, 0.3) is 5.91 Å². The number of carbonyl (C=O) groups excluding carboxylic acids is 2. The highest BCUT2D eigenvalue weighted by molar-refractivity contribution is 6.08. The summed E-state index contributed by atoms with van der Waals surface area (Å²) in [6.07, 6.45) is 0. The Balaban J connectivity index is 1.29. The fourth-order valence-electron chi connectivity index (χ4n) is 5.07. The van der Waals surface area contributed by atoms with E-state index in [1.54, 1.807) is 31.0 Å². The molecule has 0 bridgehead atoms. The molecule has 0 saturated heterocycles. The Labute approximate surface area is 241 Å². The smallest absolute Gasteiger partial charge is 0.258 e. The molecule has 4 aromatic carbocycles. The first-order valence-electron chi connectivity index (χ1n) is 13.4. The summed E-state index contributed by atoms with van der Waals surface area (Å²) in [4.78, 5) is 26.2. The van der Waals surface area contributed by atoms with Crippen LogP contribution in [0.3, 0.4) is 0 Å². The standard InChI is InChI=1S/C36H33NO4/c1-22(2)31-18-16-29(20-33(31)24(4)38)40-27-12-8-25(9-13-27)36(5,6)26-10-14-28(15-11-26)41-30-17-19-32-23(3)37(7)35(39)34(32)21-30/h8-21H,1,3H2,2,4-7H3. The second kappa shape index (κ2) is 10.6. The number of hydrogen-bond acceptors (Lipinski definition) is 4. The zero-order valence-corrected chi connectivity index (χ0v) is 24.1. The second-order valence-electron chi connectivity index (χ2n) is 10.9. The Bertz CT molecular complexity index is 1700. The van der Waals surface area contributed by atoms with Gasteiger partial charge in [-0.1, -0.05) is 62.9 Å². The molecule has 206 valence electrons. The lowest BCUT2D eigenvalue weighted by molar-refractivity contribution is 0.0874. The van der Waals surface area contributed by atoms with E-state index in [-0.39, 0.29) is 17.1 Å². The number of carbonyl (C=O) groups is 2. The van der Waals surface area contributed by atoms with E-state index in [0.29, 0.717) is 39.8 Å². The normalized spacial score (nSPS) is 12.8. The van der Waals surface area contributed by atoms with Crippen molar-refractivity contribution in [1.29, 1.82) is 0 Å². The first-order valence-corrected chi connectivity index (χ1v) is 13.4. The molecular weight excluding hydrogens is 510 g/mol. The largest absolute Gasteiger partial charge is 0.457 e. The van der Waals surface area contributed by atoms with Crippen molar-refractivity contribution in [3.05, 3.63) is 131 Å². The van der Waals surface area contributed by atoms with Crippen LogP contribution in [0.1, 0.15) is 70.7 Å². The van der Waals surface area contributed by atoms with Crippen molar-refractivity contribution in [1.82, 2.24) is 4.90 Å². The van der Waals surface area contributed by atoms with E-state index in [4.69, 9.17) is 9.47 Å². The van der Waals surface area contributed by atoms with Crippen LogP contribution in [0.15, 0.2) is 98.1 Å². The number of ketones is 1. The number of hydrogen-bond donors (Lipinski definition) is 0. The van der Waals surface area contributed by atoms with Gasteiger partial charge in [-0.2, -0.15) is 0 Å². The van der Waals surface area contributed by atoms with Crippen molar-refractivity contribution in [2.75, 3.05) is 7.05 Å². The van der Waals surface area contributed by atoms with Gasteiger partial charge in [-0.05, 0) is 85.1 Å². The van der Waals surface area contributed by atoms with Crippen LogP contribution in [0, 0.1) is 0 Å². The topological polar surface area (TPSA) is 55.8 Å². The van der Waals surface area contributed by atoms with Crippen LogP contribution in [0.5, 0.6) is 23.0 Å². The van der Waals surface area contributed by atoms with E-state index in [0.717, 1.165) is 27.8 Å². The van der Waals surface area contributed by atoms with Crippen LogP contribution < -0.4 is 9.47 Å². The van der Waals surface area contributed by atoms with Gasteiger partial charge in [-0.3, -0.25) is 9.59 Å². The number of benzene rings is 4. The molecule has 0 N–H and O–H groups in total. The predicted octanol–water partition coefficient (Wildman–Crippen LogP) is 8.89. The molecule has 0 saturated carbocycles. The highest BCUT2D eigenvalue weighted by Crippen LogP contribution is 2.37. The minimum atomic E-state index is -0.271. The van der Waals surface area contributed by atoms with Gasteiger partial charge in [0.2, 0.25) is 0 Å². The first-order chi connectivity index (χ1) is 19.5. The van der Waals surface area contributed by atoms with E-state index in [9.17, 15) is 9.59 Å². The quantitative estimate of drug-likeness (QED) is 0.208. The third kappa shape index (κ3) is 5.31. The Morgan fingerprint density at radius 1 is 0.707 bits per heavy atom. The molecule has 1 aliphatic rings. The molecule has 0 aliphatic carbocycles. The van der Waals surface area contributed by atoms with Crippen LogP contribution in [-0.4, -0.2) is 23.6 Å². The molecule has 0 radical (unpaired) electrons. The predicted molar refractivity (Wildman–Crippen MR) is 164 cm³/mol. The molecule has 0 fully saturated rings. The van der Waals surface area contributed by atoms with Gasteiger partial charge >= 0.3 is 0 Å². The first kappa shape index (κ1) is 27.7. The third-order valence-corrected chi connectivity index (χ3v) is 7.70. The van der Waals surface area contributed by atoms with Gasteiger partial charge in [0.05, 0.1) is 5.56 Å². The van der Waals surface area contributed by atoms with Gasteiger partial charge in [-0.15, -0.1) is 0 Å². The average Bonchev–Trinajstić information content (AvgIpc) is 3.16. The van der Waals surface area contributed by atoms with Gasteiger partial charge in [0.1, 0.15) is 23.0 Å². The molecule has 4 aromatic rings. The number of nitrogens with zero attached hydrogens (tertiary/aromatic N) is 1. The van der Waals surface area contributed by atoms with Crippen LogP contribution in [0.25, 0.3) is 11.3 Å². The fraction of sp³-hybridized carbons (Fsp3) is 0.167. The van der Waals surface area contributed by atoms with Gasteiger partial charge in [-0.25, -0.2) is 0 Å². The SMILES string of the molecule is C=C(C)c1ccc(Oc2ccc(C(C)(C)c3ccc(Oc4ccc5c(c4)C(=O)N(C)C5=C)cc3)cc2)cc1C(C)=O. The van der Waals surface area contributed by atoms with E-state index >= 15 is 0 Å². The summed E-state index contributed by atoms with van der Waals surface area (Å²) in [5.41, 5.74) is 6.39. The number of allylic oxidation sites excluding steroid dienone is 1. The third-order valence-electron chi connectivity index (χ3n) is 7.70. The zero-order chi connectivity index (χ0) is 29.5. The van der Waals surface area contributed by atoms with Crippen molar-refractivity contribution < 1.29 is 19.1 Å². The fourth-order valence-corrected chi connectivity index (χ4v) is 5.07. The van der Waals surface area contributed by atoms with Crippen LogP contribution >= 0.6 is 0 Å². The van der Waals surface area contributed by atoms with Crippen LogP contribution in [0.4, 0.5) is 0 Å². The van der Waals surface area contributed by atoms with Crippen molar-refractivity contribution >= 4 is 23.0 Å². The lowest BCUT2D eigenvalue weighted by atomic mass is 9.78. The molecule has 0 unspecified atom stereocenters. The molecule has 1 amide bonds. The molecule has 5 heteroatoms. The molecular formula is C36H33NO4. The highest BCUT2D eigenvalue weighted by Gasteiger charge is 2.28. The summed E-state index contributed by atoms with van der Waals surface area (Å²) in [5, 5.41) is 0. The number of fused-ring (bicyclic) bond motifs is 1. The van der Waals surface area contributed by atoms with Crippen molar-refractivity contribution in [2.24, 2.45) is 0 Å². The molecule has 0 aromatic heterocycles. The zero-order valence-electron chi connectivity index (χ0n) is 24.1. The number of amides is 1. The van der Waals surface area contributed by atoms with E-state index in [2.05, 4.69) is 51.3 Å². The summed E-state index contributed by atoms with van der Waals surface area (Å²) in [5.74, 6) is 2.48. The average molecular weight is 544 g/mol. The second-order valence-corrected chi connectivity index (χ2v) is 10.9. The maximum absolute atomic E-state index is 12.5. The van der Waals surface area contributed by atoms with Gasteiger partial charge < -0.3 is 14.4 Å². The van der Waals surface area contributed by atoms with Crippen molar-refractivity contribution in [3.63, 3.8) is 0 Å². The molecule has 5 rings (SSSR count). The Kier molecular flexibility index (Phi) is 7.14. The number of rotatable bonds is 8. The molecule has 0 atom stereocenters. The maximum Gasteiger partial charge on any atom is 0.258 e. The minimum absolute atomic E-state index is 0.0246. The highest BCUT2D eigenvalue weighted by atomic mass is 16.5.